The molecule has 0 bridgehead atoms. The maximum Gasteiger partial charge on any atom is 0.417 e. The van der Waals surface area contributed by atoms with Crippen molar-refractivity contribution < 1.29 is 22.4 Å². The molecular formula is C8H6BrF4NO. The van der Waals surface area contributed by atoms with Crippen molar-refractivity contribution in [2.24, 2.45) is 0 Å². The maximum absolute atomic E-state index is 12.8. The van der Waals surface area contributed by atoms with Crippen LogP contribution < -0.4 is 5.48 Å². The van der Waals surface area contributed by atoms with E-state index >= 15 is 0 Å². The second-order valence-corrected chi connectivity index (χ2v) is 3.41. The van der Waals surface area contributed by atoms with E-state index in [0.717, 1.165) is 6.07 Å². The van der Waals surface area contributed by atoms with E-state index in [1.54, 1.807) is 0 Å². The predicted octanol–water partition coefficient (Wildman–Crippen LogP) is 3.58. The van der Waals surface area contributed by atoms with E-state index in [2.05, 4.69) is 26.2 Å². The largest absolute Gasteiger partial charge is 0.417 e. The highest BCUT2D eigenvalue weighted by Crippen LogP contribution is 2.39. The van der Waals surface area contributed by atoms with Gasteiger partial charge < -0.3 is 0 Å². The van der Waals surface area contributed by atoms with Gasteiger partial charge in [0.1, 0.15) is 5.82 Å². The summed E-state index contributed by atoms with van der Waals surface area (Å²) in [5.74, 6) is -0.995. The minimum absolute atomic E-state index is 0.121. The Balaban J connectivity index is 3.28. The number of benzene rings is 1. The number of nitrogens with one attached hydrogen (secondary N) is 1. The zero-order valence-electron chi connectivity index (χ0n) is 7.45. The summed E-state index contributed by atoms with van der Waals surface area (Å²) in [5.41, 5.74) is 0.926. The lowest BCUT2D eigenvalue weighted by atomic mass is 10.2. The third kappa shape index (κ3) is 2.82. The van der Waals surface area contributed by atoms with Crippen LogP contribution in [0.4, 0.5) is 23.2 Å². The SMILES string of the molecule is CONc1cc(F)cc(C(F)(F)F)c1Br. The summed E-state index contributed by atoms with van der Waals surface area (Å²) in [6, 6.07) is 1.30. The van der Waals surface area contributed by atoms with Gasteiger partial charge in [0.15, 0.2) is 0 Å². The average Bonchev–Trinajstić information content (AvgIpc) is 2.09. The van der Waals surface area contributed by atoms with Gasteiger partial charge in [-0.2, -0.15) is 13.2 Å². The molecule has 1 rings (SSSR count). The fraction of sp³-hybridized carbons (Fsp3) is 0.250. The van der Waals surface area contributed by atoms with E-state index in [0.29, 0.717) is 6.07 Å². The first-order valence-electron chi connectivity index (χ1n) is 3.71. The zero-order chi connectivity index (χ0) is 11.6. The van der Waals surface area contributed by atoms with Crippen LogP contribution >= 0.6 is 15.9 Å². The van der Waals surface area contributed by atoms with Crippen LogP contribution in [-0.2, 0) is 11.0 Å². The molecule has 0 aromatic heterocycles. The molecule has 1 N–H and O–H groups in total. The Morgan fingerprint density at radius 1 is 1.33 bits per heavy atom. The third-order valence-electron chi connectivity index (χ3n) is 1.55. The standard InChI is InChI=1S/C8H6BrF4NO/c1-15-14-6-3-4(10)2-5(7(6)9)8(11,12)13/h2-3,14H,1H3. The summed E-state index contributed by atoms with van der Waals surface area (Å²) < 4.78 is 49.7. The van der Waals surface area contributed by atoms with E-state index in [1.807, 2.05) is 0 Å². The van der Waals surface area contributed by atoms with Gasteiger partial charge in [-0.05, 0) is 22.0 Å². The number of rotatable bonds is 2. The first-order chi connectivity index (χ1) is 6.86. The van der Waals surface area contributed by atoms with Crippen molar-refractivity contribution in [3.63, 3.8) is 0 Å². The summed E-state index contributed by atoms with van der Waals surface area (Å²) in [6.07, 6.45) is -4.62. The second-order valence-electron chi connectivity index (χ2n) is 2.62. The molecule has 0 spiro atoms. The minimum atomic E-state index is -4.62. The molecule has 0 aliphatic carbocycles. The van der Waals surface area contributed by atoms with Crippen molar-refractivity contribution in [3.8, 4) is 0 Å². The molecule has 0 saturated heterocycles. The molecule has 2 nitrogen and oxygen atoms in total. The minimum Gasteiger partial charge on any atom is -0.279 e. The highest BCUT2D eigenvalue weighted by atomic mass is 79.9. The molecule has 0 radical (unpaired) electrons. The van der Waals surface area contributed by atoms with Crippen LogP contribution in [0.1, 0.15) is 5.56 Å². The van der Waals surface area contributed by atoms with E-state index in [9.17, 15) is 17.6 Å². The molecule has 0 heterocycles. The Bertz CT molecular complexity index is 366. The highest BCUT2D eigenvalue weighted by molar-refractivity contribution is 9.10. The number of anilines is 1. The lowest BCUT2D eigenvalue weighted by molar-refractivity contribution is -0.138. The maximum atomic E-state index is 12.8. The van der Waals surface area contributed by atoms with Crippen molar-refractivity contribution in [2.45, 2.75) is 6.18 Å². The van der Waals surface area contributed by atoms with Crippen LogP contribution in [0.5, 0.6) is 0 Å². The fourth-order valence-corrected chi connectivity index (χ4v) is 1.51. The Kier molecular flexibility index (Phi) is 3.56. The van der Waals surface area contributed by atoms with Crippen LogP contribution in [0, 0.1) is 5.82 Å². The summed E-state index contributed by atoms with van der Waals surface area (Å²) in [5, 5.41) is 0. The van der Waals surface area contributed by atoms with Crippen LogP contribution in [0.3, 0.4) is 0 Å². The Morgan fingerprint density at radius 2 is 1.93 bits per heavy atom. The van der Waals surface area contributed by atoms with Gasteiger partial charge in [-0.15, -0.1) is 0 Å². The Hall–Kier alpha value is -0.820. The lowest BCUT2D eigenvalue weighted by Crippen LogP contribution is -2.09. The molecule has 0 amide bonds. The molecule has 15 heavy (non-hydrogen) atoms. The van der Waals surface area contributed by atoms with E-state index < -0.39 is 17.6 Å². The van der Waals surface area contributed by atoms with Crippen molar-refractivity contribution in [3.05, 3.63) is 28.0 Å². The smallest absolute Gasteiger partial charge is 0.279 e. The molecule has 0 aliphatic rings. The predicted molar refractivity (Wildman–Crippen MR) is 49.7 cm³/mol. The number of alkyl halides is 3. The van der Waals surface area contributed by atoms with E-state index in [1.165, 1.54) is 7.11 Å². The average molecular weight is 288 g/mol. The van der Waals surface area contributed by atoms with Crippen LogP contribution in [0.25, 0.3) is 0 Å². The van der Waals surface area contributed by atoms with Gasteiger partial charge in [-0.25, -0.2) is 4.39 Å². The Labute approximate surface area is 91.3 Å². The number of hydrogen-bond donors (Lipinski definition) is 1. The second kappa shape index (κ2) is 4.36. The molecule has 0 fully saturated rings. The number of hydrogen-bond acceptors (Lipinski definition) is 2. The molecular weight excluding hydrogens is 282 g/mol. The lowest BCUT2D eigenvalue weighted by Gasteiger charge is -2.13. The van der Waals surface area contributed by atoms with Crippen LogP contribution in [-0.4, -0.2) is 7.11 Å². The van der Waals surface area contributed by atoms with Crippen LogP contribution in [0.2, 0.25) is 0 Å². The quantitative estimate of drug-likeness (QED) is 0.663. The van der Waals surface area contributed by atoms with Gasteiger partial charge in [0.05, 0.1) is 22.8 Å². The van der Waals surface area contributed by atoms with Gasteiger partial charge in [0.2, 0.25) is 0 Å². The first kappa shape index (κ1) is 12.3. The monoisotopic (exact) mass is 287 g/mol. The van der Waals surface area contributed by atoms with Crippen molar-refractivity contribution in [2.75, 3.05) is 12.6 Å². The van der Waals surface area contributed by atoms with E-state index in [4.69, 9.17) is 0 Å². The van der Waals surface area contributed by atoms with Gasteiger partial charge in [0.25, 0.3) is 0 Å². The molecule has 1 aromatic carbocycles. The molecule has 7 heteroatoms. The molecule has 0 aliphatic heterocycles. The fourth-order valence-electron chi connectivity index (χ4n) is 0.980. The summed E-state index contributed by atoms with van der Waals surface area (Å²) in [4.78, 5) is 4.42. The summed E-state index contributed by atoms with van der Waals surface area (Å²) in [7, 11) is 1.21. The van der Waals surface area contributed by atoms with Gasteiger partial charge in [-0.3, -0.25) is 10.3 Å². The molecule has 0 saturated carbocycles. The van der Waals surface area contributed by atoms with Crippen LogP contribution in [0.15, 0.2) is 16.6 Å². The van der Waals surface area contributed by atoms with Gasteiger partial charge >= 0.3 is 6.18 Å². The van der Waals surface area contributed by atoms with Gasteiger partial charge in [0, 0.05) is 6.07 Å². The Morgan fingerprint density at radius 3 is 2.40 bits per heavy atom. The normalized spacial score (nSPS) is 11.6. The molecule has 1 aromatic rings. The summed E-state index contributed by atoms with van der Waals surface area (Å²) in [6.45, 7) is 0. The summed E-state index contributed by atoms with van der Waals surface area (Å²) >= 11 is 2.72. The first-order valence-corrected chi connectivity index (χ1v) is 4.50. The highest BCUT2D eigenvalue weighted by Gasteiger charge is 2.34. The third-order valence-corrected chi connectivity index (χ3v) is 2.41. The van der Waals surface area contributed by atoms with Crippen molar-refractivity contribution >= 4 is 21.6 Å². The topological polar surface area (TPSA) is 21.3 Å². The molecule has 0 unspecified atom stereocenters. The molecule has 84 valence electrons. The van der Waals surface area contributed by atoms with Crippen molar-refractivity contribution in [1.82, 2.24) is 0 Å². The van der Waals surface area contributed by atoms with Gasteiger partial charge in [-0.1, -0.05) is 0 Å². The zero-order valence-corrected chi connectivity index (χ0v) is 9.04. The van der Waals surface area contributed by atoms with Crippen molar-refractivity contribution in [1.29, 1.82) is 0 Å². The van der Waals surface area contributed by atoms with E-state index in [-0.39, 0.29) is 10.2 Å². The number of halogens is 5. The molecule has 0 atom stereocenters.